The molecule has 2 heteroatoms. The third kappa shape index (κ3) is 3.62. The lowest BCUT2D eigenvalue weighted by atomic mass is 10.0. The molecule has 0 heterocycles. The van der Waals surface area contributed by atoms with E-state index in [9.17, 15) is 0 Å². The van der Waals surface area contributed by atoms with Crippen LogP contribution >= 0.6 is 15.9 Å². The first-order chi connectivity index (χ1) is 7.28. The van der Waals surface area contributed by atoms with Crippen molar-refractivity contribution in [3.05, 3.63) is 34.3 Å². The highest BCUT2D eigenvalue weighted by Gasteiger charge is 2.24. The van der Waals surface area contributed by atoms with E-state index in [1.165, 1.54) is 29.3 Å². The van der Waals surface area contributed by atoms with E-state index in [0.717, 1.165) is 12.3 Å². The average Bonchev–Trinajstić information content (AvgIpc) is 3.01. The maximum atomic E-state index is 3.52. The summed E-state index contributed by atoms with van der Waals surface area (Å²) in [7, 11) is 2.07. The van der Waals surface area contributed by atoms with Gasteiger partial charge in [0, 0.05) is 10.5 Å². The first-order valence-corrected chi connectivity index (χ1v) is 6.49. The van der Waals surface area contributed by atoms with E-state index in [4.69, 9.17) is 0 Å². The van der Waals surface area contributed by atoms with Gasteiger partial charge in [-0.05, 0) is 43.5 Å². The van der Waals surface area contributed by atoms with Crippen LogP contribution in [-0.4, -0.2) is 13.1 Å². The Morgan fingerprint density at radius 1 is 1.47 bits per heavy atom. The minimum absolute atomic E-state index is 0.645. The summed E-state index contributed by atoms with van der Waals surface area (Å²) in [6.45, 7) is 0. The molecule has 15 heavy (non-hydrogen) atoms. The van der Waals surface area contributed by atoms with Crippen LogP contribution in [0.2, 0.25) is 0 Å². The monoisotopic (exact) mass is 267 g/mol. The molecule has 1 aromatic carbocycles. The largest absolute Gasteiger partial charge is 0.317 e. The number of hydrogen-bond acceptors (Lipinski definition) is 1. The number of likely N-dealkylation sites (N-methyl/N-ethyl adjacent to an activating group) is 1. The predicted molar refractivity (Wildman–Crippen MR) is 68.0 cm³/mol. The second-order valence-corrected chi connectivity index (χ2v) is 5.41. The maximum Gasteiger partial charge on any atom is 0.0178 e. The molecular weight excluding hydrogens is 250 g/mol. The van der Waals surface area contributed by atoms with Crippen molar-refractivity contribution in [1.82, 2.24) is 5.32 Å². The lowest BCUT2D eigenvalue weighted by molar-refractivity contribution is 0.490. The molecule has 0 bridgehead atoms. The number of hydrogen-bond donors (Lipinski definition) is 1. The summed E-state index contributed by atoms with van der Waals surface area (Å²) >= 11 is 3.52. The fourth-order valence-electron chi connectivity index (χ4n) is 2.01. The summed E-state index contributed by atoms with van der Waals surface area (Å²) in [5.74, 6) is 0.995. The van der Waals surface area contributed by atoms with Gasteiger partial charge in [-0.25, -0.2) is 0 Å². The van der Waals surface area contributed by atoms with Crippen molar-refractivity contribution in [1.29, 1.82) is 0 Å². The van der Waals surface area contributed by atoms with Gasteiger partial charge in [-0.3, -0.25) is 0 Å². The Morgan fingerprint density at radius 3 is 2.87 bits per heavy atom. The molecule has 1 nitrogen and oxygen atoms in total. The molecule has 1 N–H and O–H groups in total. The van der Waals surface area contributed by atoms with Gasteiger partial charge in [0.05, 0.1) is 0 Å². The van der Waals surface area contributed by atoms with Gasteiger partial charge in [0.15, 0.2) is 0 Å². The summed E-state index contributed by atoms with van der Waals surface area (Å²) < 4.78 is 1.18. The third-order valence-corrected chi connectivity index (χ3v) is 3.59. The van der Waals surface area contributed by atoms with Gasteiger partial charge >= 0.3 is 0 Å². The molecule has 0 amide bonds. The van der Waals surface area contributed by atoms with E-state index >= 15 is 0 Å². The highest BCUT2D eigenvalue weighted by molar-refractivity contribution is 9.10. The molecule has 0 saturated heterocycles. The van der Waals surface area contributed by atoms with Crippen molar-refractivity contribution in [3.8, 4) is 0 Å². The summed E-state index contributed by atoms with van der Waals surface area (Å²) in [6.07, 6.45) is 5.36. The summed E-state index contributed by atoms with van der Waals surface area (Å²) in [5.41, 5.74) is 1.42. The van der Waals surface area contributed by atoms with Crippen molar-refractivity contribution in [2.24, 2.45) is 5.92 Å². The first-order valence-electron chi connectivity index (χ1n) is 5.69. The van der Waals surface area contributed by atoms with Crippen LogP contribution in [0.5, 0.6) is 0 Å². The fourth-order valence-corrected chi connectivity index (χ4v) is 2.45. The summed E-state index contributed by atoms with van der Waals surface area (Å²) in [4.78, 5) is 0. The minimum atomic E-state index is 0.645. The molecule has 1 fully saturated rings. The molecular formula is C13H18BrN. The molecule has 1 aliphatic carbocycles. The SMILES string of the molecule is CNC(Cc1cccc(Br)c1)CC1CC1. The standard InChI is InChI=1S/C13H18BrN/c1-15-13(8-10-5-6-10)9-11-3-2-4-12(14)7-11/h2-4,7,10,13,15H,5-6,8-9H2,1H3. The van der Waals surface area contributed by atoms with Crippen LogP contribution in [0.4, 0.5) is 0 Å². The lowest BCUT2D eigenvalue weighted by Gasteiger charge is -2.15. The van der Waals surface area contributed by atoms with E-state index in [1.54, 1.807) is 0 Å². The molecule has 82 valence electrons. The Bertz CT molecular complexity index is 320. The second kappa shape index (κ2) is 5.13. The molecule has 1 aromatic rings. The Hall–Kier alpha value is -0.340. The van der Waals surface area contributed by atoms with Crippen LogP contribution in [0, 0.1) is 5.92 Å². The Morgan fingerprint density at radius 2 is 2.27 bits per heavy atom. The normalized spacial score (nSPS) is 17.7. The zero-order valence-corrected chi connectivity index (χ0v) is 10.8. The first kappa shape index (κ1) is 11.2. The van der Waals surface area contributed by atoms with Gasteiger partial charge in [-0.1, -0.05) is 40.9 Å². The van der Waals surface area contributed by atoms with Crippen molar-refractivity contribution in [2.45, 2.75) is 31.7 Å². The quantitative estimate of drug-likeness (QED) is 0.863. The number of halogens is 1. The van der Waals surface area contributed by atoms with Crippen LogP contribution in [0.15, 0.2) is 28.7 Å². The molecule has 0 radical (unpaired) electrons. The summed E-state index contributed by atoms with van der Waals surface area (Å²) in [5, 5.41) is 3.43. The maximum absolute atomic E-state index is 3.52. The van der Waals surface area contributed by atoms with E-state index in [-0.39, 0.29) is 0 Å². The molecule has 1 unspecified atom stereocenters. The van der Waals surface area contributed by atoms with Gasteiger partial charge in [-0.15, -0.1) is 0 Å². The highest BCUT2D eigenvalue weighted by atomic mass is 79.9. The zero-order chi connectivity index (χ0) is 10.7. The average molecular weight is 268 g/mol. The molecule has 1 aliphatic rings. The van der Waals surface area contributed by atoms with Gasteiger partial charge in [0.2, 0.25) is 0 Å². The van der Waals surface area contributed by atoms with E-state index in [2.05, 4.69) is 52.6 Å². The number of benzene rings is 1. The molecule has 0 aromatic heterocycles. The third-order valence-electron chi connectivity index (χ3n) is 3.09. The van der Waals surface area contributed by atoms with E-state index in [0.29, 0.717) is 6.04 Å². The molecule has 1 saturated carbocycles. The fraction of sp³-hybridized carbons (Fsp3) is 0.538. The van der Waals surface area contributed by atoms with Crippen molar-refractivity contribution in [3.63, 3.8) is 0 Å². The highest BCUT2D eigenvalue weighted by Crippen LogP contribution is 2.34. The van der Waals surface area contributed by atoms with E-state index < -0.39 is 0 Å². The topological polar surface area (TPSA) is 12.0 Å². The van der Waals surface area contributed by atoms with Gasteiger partial charge < -0.3 is 5.32 Å². The molecule has 1 atom stereocenters. The predicted octanol–water partition coefficient (Wildman–Crippen LogP) is 3.38. The van der Waals surface area contributed by atoms with Crippen LogP contribution in [0.1, 0.15) is 24.8 Å². The van der Waals surface area contributed by atoms with Gasteiger partial charge in [0.1, 0.15) is 0 Å². The second-order valence-electron chi connectivity index (χ2n) is 4.50. The van der Waals surface area contributed by atoms with E-state index in [1.807, 2.05) is 0 Å². The van der Waals surface area contributed by atoms with Crippen LogP contribution in [0.25, 0.3) is 0 Å². The Kier molecular flexibility index (Phi) is 3.81. The van der Waals surface area contributed by atoms with Crippen molar-refractivity contribution >= 4 is 15.9 Å². The minimum Gasteiger partial charge on any atom is -0.317 e. The van der Waals surface area contributed by atoms with Crippen molar-refractivity contribution < 1.29 is 0 Å². The molecule has 0 aliphatic heterocycles. The lowest BCUT2D eigenvalue weighted by Crippen LogP contribution is -2.28. The van der Waals surface area contributed by atoms with Crippen LogP contribution < -0.4 is 5.32 Å². The van der Waals surface area contributed by atoms with Crippen LogP contribution in [0.3, 0.4) is 0 Å². The number of rotatable bonds is 5. The zero-order valence-electron chi connectivity index (χ0n) is 9.17. The molecule has 2 rings (SSSR count). The summed E-state index contributed by atoms with van der Waals surface area (Å²) in [6, 6.07) is 9.27. The molecule has 0 spiro atoms. The Balaban J connectivity index is 1.92. The van der Waals surface area contributed by atoms with Crippen LogP contribution in [-0.2, 0) is 6.42 Å². The Labute approximate surface area is 100 Å². The van der Waals surface area contributed by atoms with Gasteiger partial charge in [-0.2, -0.15) is 0 Å². The van der Waals surface area contributed by atoms with Gasteiger partial charge in [0.25, 0.3) is 0 Å². The smallest absolute Gasteiger partial charge is 0.0178 e. The van der Waals surface area contributed by atoms with Crippen molar-refractivity contribution in [2.75, 3.05) is 7.05 Å². The number of nitrogens with one attached hydrogen (secondary N) is 1.